The van der Waals surface area contributed by atoms with Crippen molar-refractivity contribution in [3.63, 3.8) is 0 Å². The SMILES string of the molecule is Cc1cccc(OCCCn2c(CCCCCNC(=O)c3cccc(C)c3)nc3ccccc32)c1. The minimum atomic E-state index is 0.00312. The maximum Gasteiger partial charge on any atom is 0.251 e. The van der Waals surface area contributed by atoms with Gasteiger partial charge >= 0.3 is 0 Å². The molecule has 0 spiro atoms. The van der Waals surface area contributed by atoms with Crippen LogP contribution in [-0.4, -0.2) is 28.6 Å². The Morgan fingerprint density at radius 3 is 2.51 bits per heavy atom. The summed E-state index contributed by atoms with van der Waals surface area (Å²) in [5.41, 5.74) is 5.27. The molecule has 0 saturated carbocycles. The lowest BCUT2D eigenvalue weighted by Gasteiger charge is -2.11. The number of nitrogens with zero attached hydrogens (tertiary/aromatic N) is 2. The molecule has 1 N–H and O–H groups in total. The molecule has 0 radical (unpaired) electrons. The Balaban J connectivity index is 1.24. The van der Waals surface area contributed by atoms with Crippen LogP contribution in [0.15, 0.2) is 72.8 Å². The number of hydrogen-bond donors (Lipinski definition) is 1. The number of carbonyl (C=O) groups is 1. The van der Waals surface area contributed by atoms with E-state index in [0.717, 1.165) is 66.9 Å². The number of nitrogens with one attached hydrogen (secondary N) is 1. The van der Waals surface area contributed by atoms with E-state index in [4.69, 9.17) is 9.72 Å². The van der Waals surface area contributed by atoms with Crippen molar-refractivity contribution in [3.8, 4) is 5.75 Å². The van der Waals surface area contributed by atoms with Gasteiger partial charge in [0.2, 0.25) is 0 Å². The van der Waals surface area contributed by atoms with Crippen molar-refractivity contribution in [1.29, 1.82) is 0 Å². The fourth-order valence-corrected chi connectivity index (χ4v) is 4.36. The molecule has 4 rings (SSSR count). The van der Waals surface area contributed by atoms with Crippen LogP contribution in [0.1, 0.15) is 53.0 Å². The fourth-order valence-electron chi connectivity index (χ4n) is 4.36. The summed E-state index contributed by atoms with van der Waals surface area (Å²) in [7, 11) is 0. The number of aromatic nitrogens is 2. The molecule has 0 aliphatic carbocycles. The molecule has 5 heteroatoms. The van der Waals surface area contributed by atoms with Crippen molar-refractivity contribution < 1.29 is 9.53 Å². The van der Waals surface area contributed by atoms with E-state index in [-0.39, 0.29) is 5.91 Å². The summed E-state index contributed by atoms with van der Waals surface area (Å²) in [6.45, 7) is 6.33. The van der Waals surface area contributed by atoms with E-state index in [2.05, 4.69) is 47.1 Å². The zero-order chi connectivity index (χ0) is 24.5. The largest absolute Gasteiger partial charge is 0.494 e. The monoisotopic (exact) mass is 469 g/mol. The van der Waals surface area contributed by atoms with Crippen LogP contribution in [0.3, 0.4) is 0 Å². The summed E-state index contributed by atoms with van der Waals surface area (Å²) >= 11 is 0. The average molecular weight is 470 g/mol. The number of ether oxygens (including phenoxy) is 1. The summed E-state index contributed by atoms with van der Waals surface area (Å²) < 4.78 is 8.29. The van der Waals surface area contributed by atoms with E-state index < -0.39 is 0 Å². The first-order valence-corrected chi connectivity index (χ1v) is 12.6. The minimum Gasteiger partial charge on any atom is -0.494 e. The first-order chi connectivity index (χ1) is 17.1. The molecule has 3 aromatic carbocycles. The van der Waals surface area contributed by atoms with E-state index in [1.54, 1.807) is 0 Å². The standard InChI is InChI=1S/C30H35N3O2/c1-23-11-8-13-25(21-23)30(34)31-18-7-3-4-17-29-32-27-15-5-6-16-28(27)33(29)19-10-20-35-26-14-9-12-24(2)22-26/h5-6,8-9,11-16,21-22H,3-4,7,10,17-20H2,1-2H3,(H,31,34). The Morgan fingerprint density at radius 1 is 0.886 bits per heavy atom. The second kappa shape index (κ2) is 12.2. The van der Waals surface area contributed by atoms with Crippen LogP contribution in [-0.2, 0) is 13.0 Å². The van der Waals surface area contributed by atoms with Gasteiger partial charge in [0, 0.05) is 25.1 Å². The summed E-state index contributed by atoms with van der Waals surface area (Å²) in [6.07, 6.45) is 4.91. The zero-order valence-electron chi connectivity index (χ0n) is 20.8. The molecule has 1 heterocycles. The van der Waals surface area contributed by atoms with Gasteiger partial charge in [-0.1, -0.05) is 48.4 Å². The van der Waals surface area contributed by atoms with E-state index >= 15 is 0 Å². The number of unbranched alkanes of at least 4 members (excludes halogenated alkanes) is 2. The maximum absolute atomic E-state index is 12.3. The van der Waals surface area contributed by atoms with E-state index in [0.29, 0.717) is 13.2 Å². The van der Waals surface area contributed by atoms with Crippen molar-refractivity contribution in [2.75, 3.05) is 13.2 Å². The van der Waals surface area contributed by atoms with Crippen molar-refractivity contribution in [2.45, 2.75) is 52.5 Å². The Morgan fingerprint density at radius 2 is 1.69 bits per heavy atom. The van der Waals surface area contributed by atoms with Crippen LogP contribution in [0.5, 0.6) is 5.75 Å². The van der Waals surface area contributed by atoms with Gasteiger partial charge in [-0.15, -0.1) is 0 Å². The number of amides is 1. The van der Waals surface area contributed by atoms with E-state index in [1.165, 1.54) is 11.1 Å². The molecular formula is C30H35N3O2. The third-order valence-electron chi connectivity index (χ3n) is 6.16. The number of carbonyl (C=O) groups excluding carboxylic acids is 1. The van der Waals surface area contributed by atoms with Crippen molar-refractivity contribution in [3.05, 3.63) is 95.3 Å². The van der Waals surface area contributed by atoms with Crippen LogP contribution in [0.4, 0.5) is 0 Å². The average Bonchev–Trinajstić information content (AvgIpc) is 3.21. The summed E-state index contributed by atoms with van der Waals surface area (Å²) in [4.78, 5) is 17.2. The molecule has 0 unspecified atom stereocenters. The molecule has 4 aromatic rings. The van der Waals surface area contributed by atoms with Crippen LogP contribution in [0, 0.1) is 13.8 Å². The summed E-state index contributed by atoms with van der Waals surface area (Å²) in [6, 6.07) is 24.2. The first kappa shape index (κ1) is 24.5. The second-order valence-corrected chi connectivity index (χ2v) is 9.12. The van der Waals surface area contributed by atoms with Gasteiger partial charge in [-0.3, -0.25) is 4.79 Å². The van der Waals surface area contributed by atoms with Crippen LogP contribution < -0.4 is 10.1 Å². The molecule has 0 bridgehead atoms. The molecule has 35 heavy (non-hydrogen) atoms. The predicted octanol–water partition coefficient (Wildman–Crippen LogP) is 6.27. The first-order valence-electron chi connectivity index (χ1n) is 12.6. The van der Waals surface area contributed by atoms with Gasteiger partial charge in [0.25, 0.3) is 5.91 Å². The van der Waals surface area contributed by atoms with Gasteiger partial charge in [0.1, 0.15) is 11.6 Å². The van der Waals surface area contributed by atoms with Gasteiger partial charge in [-0.25, -0.2) is 4.98 Å². The second-order valence-electron chi connectivity index (χ2n) is 9.12. The highest BCUT2D eigenvalue weighted by Gasteiger charge is 2.10. The van der Waals surface area contributed by atoms with Gasteiger partial charge in [-0.2, -0.15) is 0 Å². The van der Waals surface area contributed by atoms with E-state index in [1.807, 2.05) is 49.4 Å². The van der Waals surface area contributed by atoms with Gasteiger partial charge in [0.05, 0.1) is 17.6 Å². The molecule has 0 saturated heterocycles. The van der Waals surface area contributed by atoms with Gasteiger partial charge in [-0.05, 0) is 75.1 Å². The van der Waals surface area contributed by atoms with Crippen molar-refractivity contribution >= 4 is 16.9 Å². The lowest BCUT2D eigenvalue weighted by Crippen LogP contribution is -2.24. The predicted molar refractivity (Wildman–Crippen MR) is 142 cm³/mol. The molecule has 0 fully saturated rings. The number of rotatable bonds is 12. The molecule has 1 amide bonds. The summed E-state index contributed by atoms with van der Waals surface area (Å²) in [5, 5.41) is 3.04. The van der Waals surface area contributed by atoms with E-state index in [9.17, 15) is 4.79 Å². The molecule has 1 aromatic heterocycles. The highest BCUT2D eigenvalue weighted by Crippen LogP contribution is 2.19. The molecule has 0 atom stereocenters. The van der Waals surface area contributed by atoms with Crippen LogP contribution in [0.25, 0.3) is 11.0 Å². The third-order valence-corrected chi connectivity index (χ3v) is 6.16. The lowest BCUT2D eigenvalue weighted by molar-refractivity contribution is 0.0953. The normalized spacial score (nSPS) is 11.0. The molecular weight excluding hydrogens is 434 g/mol. The highest BCUT2D eigenvalue weighted by molar-refractivity contribution is 5.94. The Labute approximate surface area is 208 Å². The van der Waals surface area contributed by atoms with Gasteiger partial charge < -0.3 is 14.6 Å². The van der Waals surface area contributed by atoms with Gasteiger partial charge in [0.15, 0.2) is 0 Å². The van der Waals surface area contributed by atoms with Crippen LogP contribution >= 0.6 is 0 Å². The number of fused-ring (bicyclic) bond motifs is 1. The number of aryl methyl sites for hydroxylation is 4. The number of para-hydroxylation sites is 2. The lowest BCUT2D eigenvalue weighted by atomic mass is 10.1. The minimum absolute atomic E-state index is 0.00312. The number of imidazole rings is 1. The Kier molecular flexibility index (Phi) is 8.55. The van der Waals surface area contributed by atoms with Crippen molar-refractivity contribution in [2.24, 2.45) is 0 Å². The number of hydrogen-bond acceptors (Lipinski definition) is 3. The molecule has 182 valence electrons. The third kappa shape index (κ3) is 6.95. The molecule has 0 aliphatic heterocycles. The Bertz CT molecular complexity index is 1260. The smallest absolute Gasteiger partial charge is 0.251 e. The number of benzene rings is 3. The van der Waals surface area contributed by atoms with Crippen molar-refractivity contribution in [1.82, 2.24) is 14.9 Å². The highest BCUT2D eigenvalue weighted by atomic mass is 16.5. The fraction of sp³-hybridized carbons (Fsp3) is 0.333. The van der Waals surface area contributed by atoms with Crippen LogP contribution in [0.2, 0.25) is 0 Å². The quantitative estimate of drug-likeness (QED) is 0.249. The molecule has 5 nitrogen and oxygen atoms in total. The zero-order valence-corrected chi connectivity index (χ0v) is 20.8. The Hall–Kier alpha value is -3.60. The summed E-state index contributed by atoms with van der Waals surface area (Å²) in [5.74, 6) is 2.06. The maximum atomic E-state index is 12.3. The topological polar surface area (TPSA) is 56.1 Å². The molecule has 0 aliphatic rings.